The molecule has 0 N–H and O–H groups in total. The molecule has 0 radical (unpaired) electrons. The van der Waals surface area contributed by atoms with E-state index < -0.39 is 0 Å². The highest BCUT2D eigenvalue weighted by Gasteiger charge is 2.12. The molecular weight excluding hydrogens is 282 g/mol. The SMILES string of the molecule is O=[N+]([O-])c1ccccc1CSc1ccc2ccccc2c1. The standard InChI is InChI=1S/C17H13NO2S/c19-18(20)17-8-4-3-7-15(17)12-21-16-10-9-13-5-1-2-6-14(13)11-16/h1-11H,12H2. The molecule has 0 saturated heterocycles. The zero-order chi connectivity index (χ0) is 14.7. The summed E-state index contributed by atoms with van der Waals surface area (Å²) in [6.45, 7) is 0. The summed E-state index contributed by atoms with van der Waals surface area (Å²) in [6, 6.07) is 21.3. The van der Waals surface area contributed by atoms with Crippen molar-refractivity contribution in [2.45, 2.75) is 10.6 Å². The summed E-state index contributed by atoms with van der Waals surface area (Å²) in [4.78, 5) is 11.8. The van der Waals surface area contributed by atoms with Crippen molar-refractivity contribution in [3.05, 3.63) is 82.4 Å². The molecule has 0 aliphatic heterocycles. The van der Waals surface area contributed by atoms with Crippen LogP contribution in [0.25, 0.3) is 10.8 Å². The molecular formula is C17H13NO2S. The molecule has 0 aromatic heterocycles. The summed E-state index contributed by atoms with van der Waals surface area (Å²) < 4.78 is 0. The smallest absolute Gasteiger partial charge is 0.258 e. The summed E-state index contributed by atoms with van der Waals surface area (Å²) in [5.41, 5.74) is 0.937. The number of hydrogen-bond acceptors (Lipinski definition) is 3. The summed E-state index contributed by atoms with van der Waals surface area (Å²) >= 11 is 1.62. The quantitative estimate of drug-likeness (QED) is 0.385. The van der Waals surface area contributed by atoms with Crippen LogP contribution in [-0.2, 0) is 5.75 Å². The maximum atomic E-state index is 11.0. The molecule has 0 unspecified atom stereocenters. The van der Waals surface area contributed by atoms with Crippen LogP contribution in [0, 0.1) is 10.1 Å². The Morgan fingerprint density at radius 3 is 2.43 bits per heavy atom. The molecule has 0 aliphatic carbocycles. The Hall–Kier alpha value is -2.33. The van der Waals surface area contributed by atoms with Crippen LogP contribution in [0.3, 0.4) is 0 Å². The second-order valence-corrected chi connectivity index (χ2v) is 5.73. The third-order valence-electron chi connectivity index (χ3n) is 3.30. The second kappa shape index (κ2) is 5.97. The fraction of sp³-hybridized carbons (Fsp3) is 0.0588. The summed E-state index contributed by atoms with van der Waals surface area (Å²) in [5, 5.41) is 13.4. The van der Waals surface area contributed by atoms with Crippen LogP contribution < -0.4 is 0 Å². The molecule has 0 fully saturated rings. The Bertz CT molecular complexity index is 801. The molecule has 0 heterocycles. The molecule has 0 aliphatic rings. The van der Waals surface area contributed by atoms with Gasteiger partial charge in [0.2, 0.25) is 0 Å². The summed E-state index contributed by atoms with van der Waals surface area (Å²) in [6.07, 6.45) is 0. The van der Waals surface area contributed by atoms with Gasteiger partial charge in [-0.1, -0.05) is 48.5 Å². The number of fused-ring (bicyclic) bond motifs is 1. The van der Waals surface area contributed by atoms with Gasteiger partial charge in [0.05, 0.1) is 4.92 Å². The van der Waals surface area contributed by atoms with E-state index in [9.17, 15) is 10.1 Å². The van der Waals surface area contributed by atoms with E-state index in [2.05, 4.69) is 30.3 Å². The minimum atomic E-state index is -0.323. The lowest BCUT2D eigenvalue weighted by Gasteiger charge is -2.05. The largest absolute Gasteiger partial charge is 0.273 e. The first-order chi connectivity index (χ1) is 10.2. The van der Waals surface area contributed by atoms with E-state index in [-0.39, 0.29) is 10.6 Å². The monoisotopic (exact) mass is 295 g/mol. The number of nitrogens with zero attached hydrogens (tertiary/aromatic N) is 1. The van der Waals surface area contributed by atoms with Gasteiger partial charge in [-0.25, -0.2) is 0 Å². The van der Waals surface area contributed by atoms with Gasteiger partial charge in [-0.3, -0.25) is 10.1 Å². The molecule has 3 aromatic rings. The fourth-order valence-electron chi connectivity index (χ4n) is 2.23. The second-order valence-electron chi connectivity index (χ2n) is 4.68. The van der Waals surface area contributed by atoms with E-state index in [4.69, 9.17) is 0 Å². The molecule has 3 aromatic carbocycles. The van der Waals surface area contributed by atoms with Crippen molar-refractivity contribution >= 4 is 28.2 Å². The molecule has 21 heavy (non-hydrogen) atoms. The molecule has 104 valence electrons. The number of hydrogen-bond donors (Lipinski definition) is 0. The van der Waals surface area contributed by atoms with Crippen molar-refractivity contribution in [2.75, 3.05) is 0 Å². The highest BCUT2D eigenvalue weighted by molar-refractivity contribution is 7.98. The van der Waals surface area contributed by atoms with Crippen LogP contribution >= 0.6 is 11.8 Å². The van der Waals surface area contributed by atoms with Crippen molar-refractivity contribution in [2.24, 2.45) is 0 Å². The zero-order valence-corrected chi connectivity index (χ0v) is 12.0. The first-order valence-electron chi connectivity index (χ1n) is 6.58. The molecule has 0 amide bonds. The molecule has 4 heteroatoms. The minimum Gasteiger partial charge on any atom is -0.258 e. The lowest BCUT2D eigenvalue weighted by molar-refractivity contribution is -0.385. The van der Waals surface area contributed by atoms with Gasteiger partial charge in [-0.05, 0) is 22.9 Å². The van der Waals surface area contributed by atoms with Crippen LogP contribution in [0.15, 0.2) is 71.6 Å². The highest BCUT2D eigenvalue weighted by Crippen LogP contribution is 2.29. The maximum Gasteiger partial charge on any atom is 0.273 e. The van der Waals surface area contributed by atoms with Gasteiger partial charge in [0, 0.05) is 22.3 Å². The van der Waals surface area contributed by atoms with E-state index >= 15 is 0 Å². The van der Waals surface area contributed by atoms with Gasteiger partial charge in [-0.15, -0.1) is 11.8 Å². The van der Waals surface area contributed by atoms with Crippen LogP contribution in [0.5, 0.6) is 0 Å². The normalized spacial score (nSPS) is 10.7. The average molecular weight is 295 g/mol. The Morgan fingerprint density at radius 1 is 0.905 bits per heavy atom. The predicted molar refractivity (Wildman–Crippen MR) is 86.6 cm³/mol. The van der Waals surface area contributed by atoms with Gasteiger partial charge in [0.25, 0.3) is 5.69 Å². The number of rotatable bonds is 4. The van der Waals surface area contributed by atoms with Crippen molar-refractivity contribution < 1.29 is 4.92 Å². The molecule has 0 atom stereocenters. The number of para-hydroxylation sites is 1. The highest BCUT2D eigenvalue weighted by atomic mass is 32.2. The van der Waals surface area contributed by atoms with Crippen molar-refractivity contribution in [3.63, 3.8) is 0 Å². The van der Waals surface area contributed by atoms with Crippen LogP contribution in [0.1, 0.15) is 5.56 Å². The lowest BCUT2D eigenvalue weighted by Crippen LogP contribution is -1.93. The minimum absolute atomic E-state index is 0.186. The first kappa shape index (κ1) is 13.6. The van der Waals surface area contributed by atoms with Crippen molar-refractivity contribution in [1.82, 2.24) is 0 Å². The van der Waals surface area contributed by atoms with Crippen LogP contribution in [0.2, 0.25) is 0 Å². The molecule has 0 bridgehead atoms. The van der Waals surface area contributed by atoms with Crippen molar-refractivity contribution in [3.8, 4) is 0 Å². The number of nitro benzene ring substituents is 1. The molecule has 3 nitrogen and oxygen atoms in total. The predicted octanol–water partition coefficient (Wildman–Crippen LogP) is 5.04. The lowest BCUT2D eigenvalue weighted by atomic mass is 10.1. The summed E-state index contributed by atoms with van der Waals surface area (Å²) in [7, 11) is 0. The van der Waals surface area contributed by atoms with Gasteiger partial charge >= 0.3 is 0 Å². The maximum absolute atomic E-state index is 11.0. The van der Waals surface area contributed by atoms with E-state index in [1.54, 1.807) is 23.9 Å². The number of nitro groups is 1. The van der Waals surface area contributed by atoms with Gasteiger partial charge < -0.3 is 0 Å². The third kappa shape index (κ3) is 3.06. The Kier molecular flexibility index (Phi) is 3.88. The number of thioether (sulfide) groups is 1. The Morgan fingerprint density at radius 2 is 1.62 bits per heavy atom. The molecule has 0 spiro atoms. The molecule has 3 rings (SSSR count). The third-order valence-corrected chi connectivity index (χ3v) is 4.35. The summed E-state index contributed by atoms with van der Waals surface area (Å²) in [5.74, 6) is 0.593. The number of benzene rings is 3. The van der Waals surface area contributed by atoms with E-state index in [0.29, 0.717) is 5.75 Å². The zero-order valence-electron chi connectivity index (χ0n) is 11.2. The van der Waals surface area contributed by atoms with Crippen LogP contribution in [0.4, 0.5) is 5.69 Å². The van der Waals surface area contributed by atoms with Gasteiger partial charge in [0.1, 0.15) is 0 Å². The van der Waals surface area contributed by atoms with Crippen molar-refractivity contribution in [1.29, 1.82) is 0 Å². The van der Waals surface area contributed by atoms with Gasteiger partial charge in [-0.2, -0.15) is 0 Å². The Balaban J connectivity index is 1.82. The van der Waals surface area contributed by atoms with E-state index in [1.807, 2.05) is 24.3 Å². The van der Waals surface area contributed by atoms with E-state index in [1.165, 1.54) is 10.8 Å². The average Bonchev–Trinajstić information content (AvgIpc) is 2.53. The van der Waals surface area contributed by atoms with Crippen LogP contribution in [-0.4, -0.2) is 4.92 Å². The van der Waals surface area contributed by atoms with E-state index in [0.717, 1.165) is 10.5 Å². The Labute approximate surface area is 126 Å². The topological polar surface area (TPSA) is 43.1 Å². The molecule has 0 saturated carbocycles. The first-order valence-corrected chi connectivity index (χ1v) is 7.56. The fourth-order valence-corrected chi connectivity index (χ4v) is 3.17. The van der Waals surface area contributed by atoms with Gasteiger partial charge in [0.15, 0.2) is 0 Å².